The van der Waals surface area contributed by atoms with E-state index in [4.69, 9.17) is 16.3 Å². The van der Waals surface area contributed by atoms with E-state index in [1.54, 1.807) is 20.1 Å². The number of hydrogen-bond acceptors (Lipinski definition) is 3. The Morgan fingerprint density at radius 2 is 2.29 bits per heavy atom. The Kier molecular flexibility index (Phi) is 4.29. The zero-order chi connectivity index (χ0) is 10.6. The quantitative estimate of drug-likeness (QED) is 0.798. The van der Waals surface area contributed by atoms with Crippen molar-refractivity contribution in [3.05, 3.63) is 28.8 Å². The zero-order valence-electron chi connectivity index (χ0n) is 8.04. The molecule has 0 aliphatic heterocycles. The Bertz CT molecular complexity index is 339. The van der Waals surface area contributed by atoms with Gasteiger partial charge >= 0.3 is 0 Å². The summed E-state index contributed by atoms with van der Waals surface area (Å²) in [5.41, 5.74) is 1.02. The van der Waals surface area contributed by atoms with Crippen molar-refractivity contribution in [1.82, 2.24) is 0 Å². The molecule has 1 aromatic carbocycles. The summed E-state index contributed by atoms with van der Waals surface area (Å²) >= 11 is 7.19. The average molecular weight is 231 g/mol. The number of hydrogen-bond donors (Lipinski definition) is 0. The lowest BCUT2D eigenvalue weighted by Gasteiger charge is -2.04. The summed E-state index contributed by atoms with van der Waals surface area (Å²) < 4.78 is 5.02. The van der Waals surface area contributed by atoms with E-state index in [0.717, 1.165) is 5.56 Å². The van der Waals surface area contributed by atoms with Crippen molar-refractivity contribution in [2.24, 2.45) is 0 Å². The molecular formula is C10H11ClO2S. The van der Waals surface area contributed by atoms with Crippen LogP contribution in [0.15, 0.2) is 18.2 Å². The highest BCUT2D eigenvalue weighted by Gasteiger charge is 2.02. The molecule has 0 fully saturated rings. The number of benzene rings is 1. The van der Waals surface area contributed by atoms with E-state index >= 15 is 0 Å². The van der Waals surface area contributed by atoms with Gasteiger partial charge in [-0.3, -0.25) is 4.79 Å². The molecule has 4 heteroatoms. The van der Waals surface area contributed by atoms with Crippen LogP contribution in [-0.2, 0) is 10.5 Å². The van der Waals surface area contributed by atoms with Crippen molar-refractivity contribution in [3.63, 3.8) is 0 Å². The highest BCUT2D eigenvalue weighted by atomic mass is 35.5. The number of halogens is 1. The SMILES string of the molecule is COc1ccc(CSC(C)=O)cc1Cl. The van der Waals surface area contributed by atoms with Gasteiger partial charge in [0.05, 0.1) is 12.1 Å². The fourth-order valence-corrected chi connectivity index (χ4v) is 1.81. The van der Waals surface area contributed by atoms with Crippen LogP contribution in [0.1, 0.15) is 12.5 Å². The maximum Gasteiger partial charge on any atom is 0.186 e. The Morgan fingerprint density at radius 3 is 2.79 bits per heavy atom. The van der Waals surface area contributed by atoms with E-state index in [-0.39, 0.29) is 5.12 Å². The van der Waals surface area contributed by atoms with Gasteiger partial charge in [0.2, 0.25) is 0 Å². The molecule has 0 radical (unpaired) electrons. The topological polar surface area (TPSA) is 26.3 Å². The van der Waals surface area contributed by atoms with Crippen LogP contribution < -0.4 is 4.74 Å². The molecular weight excluding hydrogens is 220 g/mol. The summed E-state index contributed by atoms with van der Waals surface area (Å²) in [4.78, 5) is 10.7. The lowest BCUT2D eigenvalue weighted by Crippen LogP contribution is -1.88. The summed E-state index contributed by atoms with van der Waals surface area (Å²) in [5, 5.41) is 0.686. The molecule has 0 atom stereocenters. The molecule has 2 nitrogen and oxygen atoms in total. The van der Waals surface area contributed by atoms with Crippen molar-refractivity contribution in [1.29, 1.82) is 0 Å². The van der Waals surface area contributed by atoms with Crippen LogP contribution in [0, 0.1) is 0 Å². The van der Waals surface area contributed by atoms with Crippen LogP contribution in [0.4, 0.5) is 0 Å². The van der Waals surface area contributed by atoms with Gasteiger partial charge in [-0.2, -0.15) is 0 Å². The first-order chi connectivity index (χ1) is 6.63. The number of carbonyl (C=O) groups is 1. The van der Waals surface area contributed by atoms with E-state index < -0.39 is 0 Å². The maximum atomic E-state index is 10.7. The third-order valence-corrected chi connectivity index (χ3v) is 2.84. The Morgan fingerprint density at radius 1 is 1.57 bits per heavy atom. The van der Waals surface area contributed by atoms with Gasteiger partial charge in [0, 0.05) is 12.7 Å². The molecule has 76 valence electrons. The van der Waals surface area contributed by atoms with E-state index in [1.807, 2.05) is 12.1 Å². The van der Waals surface area contributed by atoms with E-state index in [2.05, 4.69) is 0 Å². The molecule has 0 heterocycles. The molecule has 0 bridgehead atoms. The van der Waals surface area contributed by atoms with Crippen LogP contribution >= 0.6 is 23.4 Å². The summed E-state index contributed by atoms with van der Waals surface area (Å²) in [6.07, 6.45) is 0. The number of methoxy groups -OCH3 is 1. The smallest absolute Gasteiger partial charge is 0.186 e. The minimum atomic E-state index is 0.108. The van der Waals surface area contributed by atoms with Gasteiger partial charge in [0.15, 0.2) is 5.12 Å². The predicted octanol–water partition coefficient (Wildman–Crippen LogP) is 3.13. The van der Waals surface area contributed by atoms with Crippen molar-refractivity contribution in [2.75, 3.05) is 7.11 Å². The Labute approximate surface area is 92.6 Å². The monoisotopic (exact) mass is 230 g/mol. The molecule has 0 amide bonds. The average Bonchev–Trinajstić information content (AvgIpc) is 2.15. The summed E-state index contributed by atoms with van der Waals surface area (Å²) in [6.45, 7) is 1.55. The molecule has 0 spiro atoms. The van der Waals surface area contributed by atoms with Crippen LogP contribution in [0.25, 0.3) is 0 Å². The van der Waals surface area contributed by atoms with Crippen LogP contribution in [0.2, 0.25) is 5.02 Å². The summed E-state index contributed by atoms with van der Waals surface area (Å²) in [6, 6.07) is 5.52. The van der Waals surface area contributed by atoms with E-state index in [0.29, 0.717) is 16.5 Å². The standard InChI is InChI=1S/C10H11ClO2S/c1-7(12)14-6-8-3-4-10(13-2)9(11)5-8/h3-5H,6H2,1-2H3. The Balaban J connectivity index is 2.71. The number of ether oxygens (including phenoxy) is 1. The lowest BCUT2D eigenvalue weighted by atomic mass is 10.2. The molecule has 0 saturated carbocycles. The zero-order valence-corrected chi connectivity index (χ0v) is 9.61. The number of rotatable bonds is 3. The third-order valence-electron chi connectivity index (χ3n) is 1.66. The first kappa shape index (κ1) is 11.4. The van der Waals surface area contributed by atoms with Gasteiger partial charge in [-0.25, -0.2) is 0 Å². The second kappa shape index (κ2) is 5.27. The molecule has 0 unspecified atom stereocenters. The lowest BCUT2D eigenvalue weighted by molar-refractivity contribution is -0.109. The molecule has 0 aliphatic carbocycles. The van der Waals surface area contributed by atoms with Gasteiger partial charge in [-0.15, -0.1) is 0 Å². The second-order valence-electron chi connectivity index (χ2n) is 2.75. The molecule has 14 heavy (non-hydrogen) atoms. The van der Waals surface area contributed by atoms with Crippen LogP contribution in [0.3, 0.4) is 0 Å². The molecule has 0 aliphatic rings. The fraction of sp³-hybridized carbons (Fsp3) is 0.300. The van der Waals surface area contributed by atoms with Crippen molar-refractivity contribution >= 4 is 28.5 Å². The van der Waals surface area contributed by atoms with Crippen molar-refractivity contribution in [3.8, 4) is 5.75 Å². The minimum Gasteiger partial charge on any atom is -0.495 e. The highest BCUT2D eigenvalue weighted by molar-refractivity contribution is 8.12. The first-order valence-corrected chi connectivity index (χ1v) is 5.45. The van der Waals surface area contributed by atoms with Crippen molar-refractivity contribution < 1.29 is 9.53 Å². The van der Waals surface area contributed by atoms with Gasteiger partial charge in [0.1, 0.15) is 5.75 Å². The molecule has 0 aromatic heterocycles. The highest BCUT2D eigenvalue weighted by Crippen LogP contribution is 2.26. The second-order valence-corrected chi connectivity index (χ2v) is 4.31. The van der Waals surface area contributed by atoms with Crippen LogP contribution in [-0.4, -0.2) is 12.2 Å². The number of thioether (sulfide) groups is 1. The Hall–Kier alpha value is -0.670. The van der Waals surface area contributed by atoms with Gasteiger partial charge in [-0.1, -0.05) is 29.4 Å². The first-order valence-electron chi connectivity index (χ1n) is 4.09. The molecule has 0 saturated heterocycles. The van der Waals surface area contributed by atoms with E-state index in [9.17, 15) is 4.79 Å². The predicted molar refractivity (Wildman–Crippen MR) is 60.0 cm³/mol. The minimum absolute atomic E-state index is 0.108. The largest absolute Gasteiger partial charge is 0.495 e. The molecule has 1 aromatic rings. The van der Waals surface area contributed by atoms with Gasteiger partial charge in [0.25, 0.3) is 0 Å². The third kappa shape index (κ3) is 3.24. The molecule has 0 N–H and O–H groups in total. The fourth-order valence-electron chi connectivity index (χ4n) is 0.985. The van der Waals surface area contributed by atoms with Crippen molar-refractivity contribution in [2.45, 2.75) is 12.7 Å². The van der Waals surface area contributed by atoms with Gasteiger partial charge < -0.3 is 4.74 Å². The maximum absolute atomic E-state index is 10.7. The molecule has 1 rings (SSSR count). The normalized spacial score (nSPS) is 9.93. The van der Waals surface area contributed by atoms with E-state index in [1.165, 1.54) is 11.8 Å². The van der Waals surface area contributed by atoms with Crippen LogP contribution in [0.5, 0.6) is 5.75 Å². The van der Waals surface area contributed by atoms with Gasteiger partial charge in [-0.05, 0) is 17.7 Å². The summed E-state index contributed by atoms with van der Waals surface area (Å²) in [7, 11) is 1.57. The summed E-state index contributed by atoms with van der Waals surface area (Å²) in [5.74, 6) is 1.31. The number of carbonyl (C=O) groups excluding carboxylic acids is 1.